The number of hydrogen-bond donors (Lipinski definition) is 0. The Morgan fingerprint density at radius 2 is 1.96 bits per heavy atom. The van der Waals surface area contributed by atoms with E-state index < -0.39 is 0 Å². The molecule has 25 heavy (non-hydrogen) atoms. The third-order valence-electron chi connectivity index (χ3n) is 4.51. The summed E-state index contributed by atoms with van der Waals surface area (Å²) in [4.78, 5) is 4.60. The molecule has 0 radical (unpaired) electrons. The molecule has 1 aromatic carbocycles. The molecule has 1 heteroatoms. The zero-order chi connectivity index (χ0) is 17.3. The van der Waals surface area contributed by atoms with E-state index in [0.717, 1.165) is 24.9 Å². The van der Waals surface area contributed by atoms with E-state index in [4.69, 9.17) is 0 Å². The van der Waals surface area contributed by atoms with Crippen molar-refractivity contribution >= 4 is 17.5 Å². The summed E-state index contributed by atoms with van der Waals surface area (Å²) >= 11 is 0. The minimum absolute atomic E-state index is 0.446. The Labute approximate surface area is 151 Å². The number of allylic oxidation sites excluding steroid dienone is 12. The lowest BCUT2D eigenvalue weighted by Crippen LogP contribution is -2.00. The molecular weight excluding hydrogens is 302 g/mol. The van der Waals surface area contributed by atoms with Gasteiger partial charge >= 0.3 is 0 Å². The first-order chi connectivity index (χ1) is 12.4. The fourth-order valence-corrected chi connectivity index (χ4v) is 3.14. The molecule has 0 aromatic heterocycles. The largest absolute Gasteiger partial charge is 0.257 e. The Morgan fingerprint density at radius 3 is 2.64 bits per heavy atom. The number of aliphatic imine (C=N–C) groups is 1. The fraction of sp³-hybridized carbons (Fsp3) is 0.208. The van der Waals surface area contributed by atoms with E-state index in [1.165, 1.54) is 16.7 Å². The van der Waals surface area contributed by atoms with Gasteiger partial charge in [0.25, 0.3) is 0 Å². The normalized spacial score (nSPS) is 20.6. The van der Waals surface area contributed by atoms with E-state index in [0.29, 0.717) is 5.92 Å². The molecule has 126 valence electrons. The Bertz CT molecular complexity index is 780. The molecule has 1 nitrogen and oxygen atoms in total. The molecule has 1 atom stereocenters. The zero-order valence-electron chi connectivity index (χ0n) is 14.8. The second-order valence-electron chi connectivity index (χ2n) is 6.31. The molecule has 0 bridgehead atoms. The van der Waals surface area contributed by atoms with Gasteiger partial charge in [0.15, 0.2) is 0 Å². The summed E-state index contributed by atoms with van der Waals surface area (Å²) in [5.41, 5.74) is 4.99. The van der Waals surface area contributed by atoms with Crippen molar-refractivity contribution in [2.75, 3.05) is 0 Å². The SMILES string of the molecule is C/C=C\C(=C/C=Nc1ccc(C2=CC=CCC2)cc1)C1C=CC=CC1. The Balaban J connectivity index is 1.69. The van der Waals surface area contributed by atoms with Gasteiger partial charge in [0.1, 0.15) is 0 Å². The summed E-state index contributed by atoms with van der Waals surface area (Å²) in [6, 6.07) is 8.53. The smallest absolute Gasteiger partial charge is 0.0630 e. The van der Waals surface area contributed by atoms with E-state index in [-0.39, 0.29) is 0 Å². The molecule has 0 saturated carbocycles. The quantitative estimate of drug-likeness (QED) is 0.418. The Morgan fingerprint density at radius 1 is 1.08 bits per heavy atom. The minimum atomic E-state index is 0.446. The maximum absolute atomic E-state index is 4.60. The van der Waals surface area contributed by atoms with Crippen LogP contribution in [0.15, 0.2) is 95.6 Å². The highest BCUT2D eigenvalue weighted by molar-refractivity contribution is 5.77. The first-order valence-corrected chi connectivity index (χ1v) is 9.03. The second kappa shape index (κ2) is 8.98. The summed E-state index contributed by atoms with van der Waals surface area (Å²) < 4.78 is 0. The van der Waals surface area contributed by atoms with Crippen molar-refractivity contribution in [2.24, 2.45) is 10.9 Å². The summed E-state index contributed by atoms with van der Waals surface area (Å²) in [5.74, 6) is 0.446. The summed E-state index contributed by atoms with van der Waals surface area (Å²) in [6.07, 6.45) is 26.9. The van der Waals surface area contributed by atoms with Crippen molar-refractivity contribution in [3.8, 4) is 0 Å². The molecule has 2 aliphatic carbocycles. The van der Waals surface area contributed by atoms with Gasteiger partial charge in [-0.25, -0.2) is 0 Å². The topological polar surface area (TPSA) is 12.4 Å². The maximum atomic E-state index is 4.60. The van der Waals surface area contributed by atoms with Crippen LogP contribution < -0.4 is 0 Å². The zero-order valence-corrected chi connectivity index (χ0v) is 14.8. The molecule has 1 aromatic rings. The van der Waals surface area contributed by atoms with E-state index in [1.54, 1.807) is 0 Å². The van der Waals surface area contributed by atoms with Gasteiger partial charge in [0, 0.05) is 12.1 Å². The lowest BCUT2D eigenvalue weighted by atomic mass is 9.92. The standard InChI is InChI=1S/C24H25N/c1-2-9-20(21-10-5-3-6-11-21)18-19-25-24-16-14-23(15-17-24)22-12-7-4-8-13-22/h2-7,9-10,12,14-19,21H,8,11,13H2,1H3/b9-2-,20-18+,25-19?. The van der Waals surface area contributed by atoms with Crippen LogP contribution in [-0.2, 0) is 0 Å². The van der Waals surface area contributed by atoms with Gasteiger partial charge in [-0.05, 0) is 61.1 Å². The van der Waals surface area contributed by atoms with Gasteiger partial charge in [-0.1, -0.05) is 66.8 Å². The van der Waals surface area contributed by atoms with Crippen molar-refractivity contribution in [3.05, 3.63) is 96.2 Å². The van der Waals surface area contributed by atoms with Crippen LogP contribution in [-0.4, -0.2) is 6.21 Å². The van der Waals surface area contributed by atoms with Crippen LogP contribution in [0.5, 0.6) is 0 Å². The Hall–Kier alpha value is -2.67. The molecule has 0 amide bonds. The number of benzene rings is 1. The van der Waals surface area contributed by atoms with Crippen LogP contribution in [0.2, 0.25) is 0 Å². The van der Waals surface area contributed by atoms with Crippen molar-refractivity contribution in [1.82, 2.24) is 0 Å². The first-order valence-electron chi connectivity index (χ1n) is 9.03. The van der Waals surface area contributed by atoms with Crippen LogP contribution in [0, 0.1) is 5.92 Å². The predicted octanol–water partition coefficient (Wildman–Crippen LogP) is 6.76. The van der Waals surface area contributed by atoms with Crippen molar-refractivity contribution < 1.29 is 0 Å². The maximum Gasteiger partial charge on any atom is 0.0630 e. The lowest BCUT2D eigenvalue weighted by molar-refractivity contribution is 0.788. The van der Waals surface area contributed by atoms with Gasteiger partial charge in [-0.3, -0.25) is 4.99 Å². The van der Waals surface area contributed by atoms with Crippen molar-refractivity contribution in [3.63, 3.8) is 0 Å². The number of hydrogen-bond acceptors (Lipinski definition) is 1. The molecule has 2 aliphatic rings. The number of nitrogens with zero attached hydrogens (tertiary/aromatic N) is 1. The molecule has 0 saturated heterocycles. The lowest BCUT2D eigenvalue weighted by Gasteiger charge is -2.13. The molecule has 0 N–H and O–H groups in total. The molecule has 3 rings (SSSR count). The van der Waals surface area contributed by atoms with Crippen LogP contribution >= 0.6 is 0 Å². The van der Waals surface area contributed by atoms with E-state index in [2.05, 4.69) is 96.9 Å². The van der Waals surface area contributed by atoms with Gasteiger partial charge in [-0.2, -0.15) is 0 Å². The third kappa shape index (κ3) is 4.90. The van der Waals surface area contributed by atoms with Crippen molar-refractivity contribution in [2.45, 2.75) is 26.2 Å². The van der Waals surface area contributed by atoms with Gasteiger partial charge in [-0.15, -0.1) is 0 Å². The van der Waals surface area contributed by atoms with Crippen molar-refractivity contribution in [1.29, 1.82) is 0 Å². The fourth-order valence-electron chi connectivity index (χ4n) is 3.14. The Kier molecular flexibility index (Phi) is 6.17. The van der Waals surface area contributed by atoms with Gasteiger partial charge in [0.05, 0.1) is 5.69 Å². The highest BCUT2D eigenvalue weighted by Gasteiger charge is 2.08. The molecule has 0 spiro atoms. The van der Waals surface area contributed by atoms with Crippen LogP contribution in [0.4, 0.5) is 5.69 Å². The highest BCUT2D eigenvalue weighted by Crippen LogP contribution is 2.25. The highest BCUT2D eigenvalue weighted by atomic mass is 14.7. The second-order valence-corrected chi connectivity index (χ2v) is 6.31. The van der Waals surface area contributed by atoms with Crippen LogP contribution in [0.1, 0.15) is 31.7 Å². The van der Waals surface area contributed by atoms with E-state index in [1.807, 2.05) is 6.21 Å². The molecular formula is C24H25N. The van der Waals surface area contributed by atoms with Gasteiger partial charge < -0.3 is 0 Å². The number of rotatable bonds is 5. The molecule has 1 unspecified atom stereocenters. The average molecular weight is 327 g/mol. The van der Waals surface area contributed by atoms with E-state index in [9.17, 15) is 0 Å². The molecule has 0 heterocycles. The van der Waals surface area contributed by atoms with Crippen LogP contribution in [0.25, 0.3) is 5.57 Å². The summed E-state index contributed by atoms with van der Waals surface area (Å²) in [6.45, 7) is 2.06. The predicted molar refractivity (Wildman–Crippen MR) is 110 cm³/mol. The minimum Gasteiger partial charge on any atom is -0.257 e. The average Bonchev–Trinajstić information content (AvgIpc) is 2.69. The van der Waals surface area contributed by atoms with Gasteiger partial charge in [0.2, 0.25) is 0 Å². The van der Waals surface area contributed by atoms with Crippen LogP contribution in [0.3, 0.4) is 0 Å². The molecule has 0 aliphatic heterocycles. The van der Waals surface area contributed by atoms with E-state index >= 15 is 0 Å². The first kappa shape index (κ1) is 17.2. The summed E-state index contributed by atoms with van der Waals surface area (Å²) in [5, 5.41) is 0. The third-order valence-corrected chi connectivity index (χ3v) is 4.51. The summed E-state index contributed by atoms with van der Waals surface area (Å²) in [7, 11) is 0. The monoisotopic (exact) mass is 327 g/mol. The molecule has 0 fully saturated rings.